The molecule has 0 unspecified atom stereocenters. The molecule has 9 heteroatoms. The lowest BCUT2D eigenvalue weighted by molar-refractivity contribution is 0.626. The number of rotatable bonds is 6. The molecule has 0 aliphatic rings. The number of hydrogen-bond donors (Lipinski definition) is 1. The lowest BCUT2D eigenvalue weighted by Gasteiger charge is -2.11. The van der Waals surface area contributed by atoms with Crippen molar-refractivity contribution in [3.8, 4) is 0 Å². The van der Waals surface area contributed by atoms with Gasteiger partial charge in [-0.2, -0.15) is 4.98 Å². The summed E-state index contributed by atoms with van der Waals surface area (Å²) in [6.45, 7) is 0.746. The summed E-state index contributed by atoms with van der Waals surface area (Å²) < 4.78 is 30.5. The van der Waals surface area contributed by atoms with Gasteiger partial charge in [0.25, 0.3) is 5.56 Å². The zero-order valence-electron chi connectivity index (χ0n) is 17.1. The van der Waals surface area contributed by atoms with Crippen LogP contribution in [0.4, 0.5) is 14.7 Å². The van der Waals surface area contributed by atoms with Crippen LogP contribution in [0, 0.1) is 11.6 Å². The molecule has 31 heavy (non-hydrogen) atoms. The monoisotopic (exact) mass is 425 g/mol. The van der Waals surface area contributed by atoms with Crippen molar-refractivity contribution < 1.29 is 8.78 Å². The molecule has 0 atom stereocenters. The fourth-order valence-electron chi connectivity index (χ4n) is 3.48. The van der Waals surface area contributed by atoms with Gasteiger partial charge in [0.05, 0.1) is 6.54 Å². The molecule has 1 N–H and O–H groups in total. The number of nitrogens with zero attached hydrogens (tertiary/aromatic N) is 4. The van der Waals surface area contributed by atoms with Gasteiger partial charge in [-0.05, 0) is 41.8 Å². The number of nitrogens with one attached hydrogen (secondary N) is 1. The molecule has 0 bridgehead atoms. The zero-order chi connectivity index (χ0) is 22.1. The van der Waals surface area contributed by atoms with E-state index in [4.69, 9.17) is 0 Å². The minimum atomic E-state index is -0.471. The highest BCUT2D eigenvalue weighted by molar-refractivity contribution is 5.74. The van der Waals surface area contributed by atoms with Crippen molar-refractivity contribution in [2.24, 2.45) is 14.1 Å². The number of aryl methyl sites for hydroxylation is 1. The number of hydrogen-bond acceptors (Lipinski definition) is 4. The summed E-state index contributed by atoms with van der Waals surface area (Å²) in [5.74, 6) is -0.232. The van der Waals surface area contributed by atoms with Crippen LogP contribution < -0.4 is 16.6 Å². The Bertz CT molecular complexity index is 1350. The first-order valence-corrected chi connectivity index (χ1v) is 9.74. The van der Waals surface area contributed by atoms with Crippen molar-refractivity contribution in [2.75, 3.05) is 11.9 Å². The predicted molar refractivity (Wildman–Crippen MR) is 114 cm³/mol. The molecule has 4 rings (SSSR count). The Kier molecular flexibility index (Phi) is 5.41. The Balaban J connectivity index is 1.73. The van der Waals surface area contributed by atoms with Crippen molar-refractivity contribution in [1.29, 1.82) is 0 Å². The van der Waals surface area contributed by atoms with Gasteiger partial charge in [0.15, 0.2) is 11.2 Å². The summed E-state index contributed by atoms with van der Waals surface area (Å²) in [5, 5.41) is 3.21. The van der Waals surface area contributed by atoms with Crippen molar-refractivity contribution in [2.45, 2.75) is 13.0 Å². The van der Waals surface area contributed by atoms with Gasteiger partial charge >= 0.3 is 5.69 Å². The Morgan fingerprint density at radius 2 is 1.45 bits per heavy atom. The first kappa shape index (κ1) is 20.5. The molecule has 0 aliphatic carbocycles. The van der Waals surface area contributed by atoms with Crippen LogP contribution in [0.15, 0.2) is 58.1 Å². The molecule has 2 heterocycles. The molecule has 160 valence electrons. The summed E-state index contributed by atoms with van der Waals surface area (Å²) >= 11 is 0. The second kappa shape index (κ2) is 8.17. The third-order valence-corrected chi connectivity index (χ3v) is 5.21. The van der Waals surface area contributed by atoms with Crippen LogP contribution in [0.5, 0.6) is 0 Å². The van der Waals surface area contributed by atoms with E-state index in [2.05, 4.69) is 10.3 Å². The van der Waals surface area contributed by atoms with Gasteiger partial charge in [0.1, 0.15) is 11.6 Å². The minimum Gasteiger partial charge on any atom is -0.355 e. The molecular weight excluding hydrogens is 404 g/mol. The molecule has 0 radical (unpaired) electrons. The SMILES string of the molecule is Cn1c(=O)c2c(nc(NCCc3ccc(F)cc3)n2Cc2ccc(F)cc2)n(C)c1=O. The maximum atomic E-state index is 13.3. The highest BCUT2D eigenvalue weighted by Gasteiger charge is 2.19. The van der Waals surface area contributed by atoms with E-state index in [1.165, 1.54) is 35.9 Å². The number of aromatic nitrogens is 4. The number of imidazole rings is 1. The van der Waals surface area contributed by atoms with Crippen LogP contribution in [-0.4, -0.2) is 25.2 Å². The van der Waals surface area contributed by atoms with Gasteiger partial charge in [0.2, 0.25) is 5.95 Å². The molecule has 0 spiro atoms. The Morgan fingerprint density at radius 1 is 0.871 bits per heavy atom. The molecular formula is C22H21F2N5O2. The van der Waals surface area contributed by atoms with Crippen LogP contribution in [-0.2, 0) is 27.1 Å². The smallest absolute Gasteiger partial charge is 0.332 e. The lowest BCUT2D eigenvalue weighted by Crippen LogP contribution is -2.37. The van der Waals surface area contributed by atoms with Crippen molar-refractivity contribution in [1.82, 2.24) is 18.7 Å². The Hall–Kier alpha value is -3.75. The maximum absolute atomic E-state index is 13.3. The van der Waals surface area contributed by atoms with Gasteiger partial charge < -0.3 is 5.32 Å². The quantitative estimate of drug-likeness (QED) is 0.515. The average Bonchev–Trinajstić information content (AvgIpc) is 3.12. The first-order valence-electron chi connectivity index (χ1n) is 9.74. The second-order valence-electron chi connectivity index (χ2n) is 7.33. The Labute approximate surface area is 176 Å². The van der Waals surface area contributed by atoms with E-state index < -0.39 is 11.2 Å². The molecule has 0 aliphatic heterocycles. The summed E-state index contributed by atoms with van der Waals surface area (Å²) in [7, 11) is 2.97. The van der Waals surface area contributed by atoms with Crippen LogP contribution in [0.1, 0.15) is 11.1 Å². The van der Waals surface area contributed by atoms with Gasteiger partial charge in [-0.1, -0.05) is 24.3 Å². The van der Waals surface area contributed by atoms with Crippen LogP contribution in [0.3, 0.4) is 0 Å². The van der Waals surface area contributed by atoms with Crippen molar-refractivity contribution in [3.05, 3.63) is 92.1 Å². The maximum Gasteiger partial charge on any atom is 0.332 e. The normalized spacial score (nSPS) is 11.2. The standard InChI is InChI=1S/C22H21F2N5O2/c1-27-19-18(20(30)28(2)22(27)31)29(13-15-5-9-17(24)10-6-15)21(26-19)25-12-11-14-3-7-16(23)8-4-14/h3-10H,11-13H2,1-2H3,(H,25,26). The van der Waals surface area contributed by atoms with E-state index in [1.54, 1.807) is 35.9 Å². The van der Waals surface area contributed by atoms with Gasteiger partial charge in [-0.25, -0.2) is 13.6 Å². The van der Waals surface area contributed by atoms with E-state index in [9.17, 15) is 18.4 Å². The van der Waals surface area contributed by atoms with Crippen LogP contribution >= 0.6 is 0 Å². The largest absolute Gasteiger partial charge is 0.355 e. The third kappa shape index (κ3) is 3.98. The van der Waals surface area contributed by atoms with Crippen LogP contribution in [0.2, 0.25) is 0 Å². The fraction of sp³-hybridized carbons (Fsp3) is 0.227. The van der Waals surface area contributed by atoms with Gasteiger partial charge in [-0.3, -0.25) is 18.5 Å². The fourth-order valence-corrected chi connectivity index (χ4v) is 3.48. The van der Waals surface area contributed by atoms with E-state index >= 15 is 0 Å². The topological polar surface area (TPSA) is 73.8 Å². The average molecular weight is 425 g/mol. The summed E-state index contributed by atoms with van der Waals surface area (Å²) in [6.07, 6.45) is 0.608. The van der Waals surface area contributed by atoms with Crippen LogP contribution in [0.25, 0.3) is 11.2 Å². The molecule has 7 nitrogen and oxygen atoms in total. The molecule has 0 fully saturated rings. The van der Waals surface area contributed by atoms with Gasteiger partial charge in [0, 0.05) is 20.6 Å². The number of benzene rings is 2. The second-order valence-corrected chi connectivity index (χ2v) is 7.33. The minimum absolute atomic E-state index is 0.263. The highest BCUT2D eigenvalue weighted by Crippen LogP contribution is 2.18. The van der Waals surface area contributed by atoms with Gasteiger partial charge in [-0.15, -0.1) is 0 Å². The molecule has 0 saturated carbocycles. The first-order chi connectivity index (χ1) is 14.8. The Morgan fingerprint density at radius 3 is 2.06 bits per heavy atom. The number of fused-ring (bicyclic) bond motifs is 1. The highest BCUT2D eigenvalue weighted by atomic mass is 19.1. The molecule has 0 saturated heterocycles. The third-order valence-electron chi connectivity index (χ3n) is 5.21. The van der Waals surface area contributed by atoms with E-state index in [-0.39, 0.29) is 29.3 Å². The zero-order valence-corrected chi connectivity index (χ0v) is 17.1. The molecule has 4 aromatic rings. The van der Waals surface area contributed by atoms with Crippen molar-refractivity contribution in [3.63, 3.8) is 0 Å². The molecule has 0 amide bonds. The van der Waals surface area contributed by atoms with Crippen molar-refractivity contribution >= 4 is 17.1 Å². The van der Waals surface area contributed by atoms with E-state index in [0.717, 1.165) is 15.7 Å². The summed E-state index contributed by atoms with van der Waals surface area (Å²) in [4.78, 5) is 29.7. The van der Waals surface area contributed by atoms with E-state index in [0.29, 0.717) is 18.9 Å². The molecule has 2 aromatic carbocycles. The predicted octanol–water partition coefficient (Wildman–Crippen LogP) is 2.41. The summed E-state index contributed by atoms with van der Waals surface area (Å²) in [6, 6.07) is 12.2. The lowest BCUT2D eigenvalue weighted by atomic mass is 10.1. The van der Waals surface area contributed by atoms with E-state index in [1.807, 2.05) is 0 Å². The number of anilines is 1. The number of halogens is 2. The summed E-state index contributed by atoms with van der Waals surface area (Å²) in [5.41, 5.74) is 1.33. The molecule has 2 aromatic heterocycles.